The van der Waals surface area contributed by atoms with E-state index in [4.69, 9.17) is 0 Å². The maximum absolute atomic E-state index is 12.6. The van der Waals surface area contributed by atoms with E-state index >= 15 is 0 Å². The highest BCUT2D eigenvalue weighted by molar-refractivity contribution is 7.87. The van der Waals surface area contributed by atoms with Crippen molar-refractivity contribution in [2.24, 2.45) is 5.92 Å². The zero-order valence-corrected chi connectivity index (χ0v) is 12.5. The van der Waals surface area contributed by atoms with E-state index in [2.05, 4.69) is 10.0 Å². The average molecular weight is 317 g/mol. The van der Waals surface area contributed by atoms with Crippen molar-refractivity contribution in [3.63, 3.8) is 0 Å². The molecule has 1 saturated heterocycles. The van der Waals surface area contributed by atoms with Gasteiger partial charge in [0.25, 0.3) is 10.2 Å². The van der Waals surface area contributed by atoms with Crippen LogP contribution in [0, 0.1) is 5.92 Å². The molecule has 1 fully saturated rings. The van der Waals surface area contributed by atoms with Crippen molar-refractivity contribution in [2.45, 2.75) is 38.9 Å². The second kappa shape index (κ2) is 7.06. The van der Waals surface area contributed by atoms with Crippen molar-refractivity contribution < 1.29 is 21.6 Å². The Morgan fingerprint density at radius 3 is 2.30 bits per heavy atom. The molecule has 9 heteroatoms. The lowest BCUT2D eigenvalue weighted by Gasteiger charge is -2.34. The van der Waals surface area contributed by atoms with Crippen molar-refractivity contribution >= 4 is 10.2 Å². The minimum atomic E-state index is -4.54. The second-order valence-corrected chi connectivity index (χ2v) is 7.10. The number of nitrogens with zero attached hydrogens (tertiary/aromatic N) is 1. The maximum atomic E-state index is 12.6. The Kier molecular flexibility index (Phi) is 6.24. The number of alkyl halides is 3. The summed E-state index contributed by atoms with van der Waals surface area (Å²) >= 11 is 0. The van der Waals surface area contributed by atoms with Crippen LogP contribution in [-0.2, 0) is 10.2 Å². The predicted molar refractivity (Wildman–Crippen MR) is 70.4 cm³/mol. The lowest BCUT2D eigenvalue weighted by Crippen LogP contribution is -2.53. The molecular weight excluding hydrogens is 295 g/mol. The summed E-state index contributed by atoms with van der Waals surface area (Å²) in [4.78, 5) is 0. The monoisotopic (exact) mass is 317 g/mol. The first-order valence-electron chi connectivity index (χ1n) is 6.66. The van der Waals surface area contributed by atoms with Crippen LogP contribution in [-0.4, -0.2) is 51.1 Å². The molecule has 0 aromatic heterocycles. The van der Waals surface area contributed by atoms with Gasteiger partial charge >= 0.3 is 6.18 Å². The zero-order valence-electron chi connectivity index (χ0n) is 11.7. The molecule has 1 aliphatic heterocycles. The number of halogens is 3. The summed E-state index contributed by atoms with van der Waals surface area (Å²) in [5, 5.41) is 3.01. The molecule has 20 heavy (non-hydrogen) atoms. The molecule has 0 bridgehead atoms. The van der Waals surface area contributed by atoms with E-state index in [1.54, 1.807) is 13.8 Å². The van der Waals surface area contributed by atoms with Crippen LogP contribution in [0.1, 0.15) is 26.7 Å². The fraction of sp³-hybridized carbons (Fsp3) is 1.00. The summed E-state index contributed by atoms with van der Waals surface area (Å²) in [7, 11) is -4.11. The highest BCUT2D eigenvalue weighted by Gasteiger charge is 2.40. The van der Waals surface area contributed by atoms with Crippen LogP contribution < -0.4 is 10.0 Å². The van der Waals surface area contributed by atoms with Crippen molar-refractivity contribution in [1.29, 1.82) is 0 Å². The number of nitrogens with one attached hydrogen (secondary N) is 2. The molecule has 0 spiro atoms. The van der Waals surface area contributed by atoms with Crippen LogP contribution >= 0.6 is 0 Å². The zero-order chi connectivity index (χ0) is 15.4. The van der Waals surface area contributed by atoms with Crippen LogP contribution in [0.25, 0.3) is 0 Å². The van der Waals surface area contributed by atoms with Crippen molar-refractivity contribution in [3.8, 4) is 0 Å². The lowest BCUT2D eigenvalue weighted by molar-refractivity contribution is -0.140. The normalized spacial score (nSPS) is 18.9. The van der Waals surface area contributed by atoms with Gasteiger partial charge in [-0.2, -0.15) is 25.9 Å². The van der Waals surface area contributed by atoms with Gasteiger partial charge in [0.05, 0.1) is 0 Å². The molecule has 5 nitrogen and oxygen atoms in total. The summed E-state index contributed by atoms with van der Waals surface area (Å²) in [5.41, 5.74) is 0. The van der Waals surface area contributed by atoms with Gasteiger partial charge in [-0.3, -0.25) is 0 Å². The average Bonchev–Trinajstić information content (AvgIpc) is 2.34. The van der Waals surface area contributed by atoms with Crippen LogP contribution in [0.15, 0.2) is 0 Å². The van der Waals surface area contributed by atoms with Crippen LogP contribution in [0.4, 0.5) is 13.2 Å². The van der Waals surface area contributed by atoms with E-state index in [-0.39, 0.29) is 12.5 Å². The summed E-state index contributed by atoms with van der Waals surface area (Å²) in [5.74, 6) is 0.0329. The van der Waals surface area contributed by atoms with Gasteiger partial charge < -0.3 is 5.32 Å². The molecule has 0 aromatic carbocycles. The van der Waals surface area contributed by atoms with Crippen molar-refractivity contribution in [3.05, 3.63) is 0 Å². The summed E-state index contributed by atoms with van der Waals surface area (Å²) in [6, 6.07) is -0.609. The highest BCUT2D eigenvalue weighted by atomic mass is 32.2. The van der Waals surface area contributed by atoms with Crippen LogP contribution in [0.3, 0.4) is 0 Å². The van der Waals surface area contributed by atoms with Crippen LogP contribution in [0.2, 0.25) is 0 Å². The molecular formula is C11H22F3N3O2S. The van der Waals surface area contributed by atoms with Gasteiger partial charge in [0.2, 0.25) is 0 Å². The minimum absolute atomic E-state index is 0.0329. The molecule has 0 unspecified atom stereocenters. The molecule has 0 amide bonds. The van der Waals surface area contributed by atoms with E-state index in [1.807, 2.05) is 0 Å². The maximum Gasteiger partial charge on any atom is 0.402 e. The Morgan fingerprint density at radius 1 is 1.30 bits per heavy atom. The highest BCUT2D eigenvalue weighted by Crippen LogP contribution is 2.23. The quantitative estimate of drug-likeness (QED) is 0.771. The van der Waals surface area contributed by atoms with Gasteiger partial charge in [-0.05, 0) is 31.8 Å². The van der Waals surface area contributed by atoms with Gasteiger partial charge in [0.1, 0.15) is 6.54 Å². The van der Waals surface area contributed by atoms with Gasteiger partial charge in [0.15, 0.2) is 0 Å². The number of hydrogen-bond donors (Lipinski definition) is 2. The molecule has 0 aromatic rings. The van der Waals surface area contributed by atoms with Crippen LogP contribution in [0.5, 0.6) is 0 Å². The Balaban J connectivity index is 2.85. The van der Waals surface area contributed by atoms with Gasteiger partial charge in [-0.15, -0.1) is 0 Å². The lowest BCUT2D eigenvalue weighted by atomic mass is 10.1. The first kappa shape index (κ1) is 17.7. The molecule has 0 aliphatic carbocycles. The first-order chi connectivity index (χ1) is 9.12. The van der Waals surface area contributed by atoms with Gasteiger partial charge in [-0.25, -0.2) is 4.72 Å². The minimum Gasteiger partial charge on any atom is -0.317 e. The molecule has 120 valence electrons. The molecule has 2 N–H and O–H groups in total. The SMILES string of the molecule is CC(C)CNS(=O)(=O)N(CC(F)(F)F)C1CCNCC1. The second-order valence-electron chi connectivity index (χ2n) is 5.39. The molecule has 1 aliphatic rings. The Morgan fingerprint density at radius 2 is 1.85 bits per heavy atom. The van der Waals surface area contributed by atoms with Crippen molar-refractivity contribution in [2.75, 3.05) is 26.2 Å². The fourth-order valence-electron chi connectivity index (χ4n) is 2.04. The molecule has 0 atom stereocenters. The Hall–Kier alpha value is -0.380. The van der Waals surface area contributed by atoms with E-state index in [1.165, 1.54) is 0 Å². The number of piperidine rings is 1. The molecule has 1 rings (SSSR count). The third-order valence-corrected chi connectivity index (χ3v) is 4.61. The smallest absolute Gasteiger partial charge is 0.317 e. The van der Waals surface area contributed by atoms with Gasteiger partial charge in [-0.1, -0.05) is 13.8 Å². The topological polar surface area (TPSA) is 61.4 Å². The number of rotatable bonds is 6. The standard InChI is InChI=1S/C11H22F3N3O2S/c1-9(2)7-16-20(18,19)17(8-11(12,13)14)10-3-5-15-6-4-10/h9-10,15-16H,3-8H2,1-2H3. The first-order valence-corrected chi connectivity index (χ1v) is 8.10. The summed E-state index contributed by atoms with van der Waals surface area (Å²) < 4.78 is 65.0. The van der Waals surface area contributed by atoms with Gasteiger partial charge in [0, 0.05) is 12.6 Å². The Labute approximate surface area is 118 Å². The van der Waals surface area contributed by atoms with E-state index < -0.39 is 29.0 Å². The van der Waals surface area contributed by atoms with E-state index in [0.29, 0.717) is 30.2 Å². The predicted octanol–water partition coefficient (Wildman–Crippen LogP) is 1.09. The summed E-state index contributed by atoms with van der Waals surface area (Å²) in [6.07, 6.45) is -3.77. The Bertz CT molecular complexity index is 392. The fourth-order valence-corrected chi connectivity index (χ4v) is 3.67. The summed E-state index contributed by atoms with van der Waals surface area (Å²) in [6.45, 7) is 3.33. The molecule has 0 saturated carbocycles. The third kappa shape index (κ3) is 5.94. The van der Waals surface area contributed by atoms with E-state index in [9.17, 15) is 21.6 Å². The number of hydrogen-bond acceptors (Lipinski definition) is 3. The van der Waals surface area contributed by atoms with Crippen molar-refractivity contribution in [1.82, 2.24) is 14.3 Å². The largest absolute Gasteiger partial charge is 0.402 e. The molecule has 0 radical (unpaired) electrons. The van der Waals surface area contributed by atoms with E-state index in [0.717, 1.165) is 0 Å². The molecule has 1 heterocycles. The third-order valence-electron chi connectivity index (χ3n) is 3.03.